The number of H-pyrrole nitrogens is 1. The second kappa shape index (κ2) is 6.12. The standard InChI is InChI=1S/C17H11BIN3O3/c19-11-5-6-14-10(7-11)8-21-22(18(14)25)17(24)13-9-20-15-4-2-1-3-12(15)16(13)23/h1-9,25H,(H,20,23). The van der Waals surface area contributed by atoms with Crippen molar-refractivity contribution in [2.45, 2.75) is 0 Å². The van der Waals surface area contributed by atoms with Crippen molar-refractivity contribution in [3.05, 3.63) is 73.6 Å². The summed E-state index contributed by atoms with van der Waals surface area (Å²) in [6.45, 7) is 0. The molecule has 1 aliphatic rings. The van der Waals surface area contributed by atoms with Crippen LogP contribution in [0.2, 0.25) is 0 Å². The number of carbonyl (C=O) groups is 1. The van der Waals surface area contributed by atoms with Gasteiger partial charge in [0.1, 0.15) is 5.56 Å². The molecule has 2 aromatic carbocycles. The van der Waals surface area contributed by atoms with Crippen molar-refractivity contribution in [1.29, 1.82) is 0 Å². The lowest BCUT2D eigenvalue weighted by Gasteiger charge is -2.24. The van der Waals surface area contributed by atoms with Gasteiger partial charge in [-0.25, -0.2) is 4.92 Å². The number of nitrogens with one attached hydrogen (secondary N) is 1. The zero-order valence-electron chi connectivity index (χ0n) is 12.8. The Hall–Kier alpha value is -2.46. The van der Waals surface area contributed by atoms with Gasteiger partial charge in [0.2, 0.25) is 5.43 Å². The van der Waals surface area contributed by atoms with Gasteiger partial charge < -0.3 is 10.0 Å². The number of hydrogen-bond acceptors (Lipinski definition) is 4. The van der Waals surface area contributed by atoms with Crippen LogP contribution in [0.3, 0.4) is 0 Å². The minimum Gasteiger partial charge on any atom is -0.427 e. The summed E-state index contributed by atoms with van der Waals surface area (Å²) in [6, 6.07) is 12.4. The number of pyridine rings is 1. The van der Waals surface area contributed by atoms with Gasteiger partial charge in [0, 0.05) is 20.7 Å². The number of aromatic amines is 1. The summed E-state index contributed by atoms with van der Waals surface area (Å²) in [6.07, 6.45) is 2.87. The van der Waals surface area contributed by atoms with Crippen LogP contribution < -0.4 is 10.9 Å². The Morgan fingerprint density at radius 3 is 2.88 bits per heavy atom. The number of para-hydroxylation sites is 1. The minimum absolute atomic E-state index is 0.0659. The first-order valence-electron chi connectivity index (χ1n) is 7.52. The van der Waals surface area contributed by atoms with Crippen LogP contribution in [0.5, 0.6) is 0 Å². The molecular weight excluding hydrogens is 432 g/mol. The fraction of sp³-hybridized carbons (Fsp3) is 0. The maximum atomic E-state index is 12.8. The van der Waals surface area contributed by atoms with Crippen LogP contribution in [0.15, 0.2) is 58.6 Å². The molecule has 0 saturated carbocycles. The first-order chi connectivity index (χ1) is 12.1. The number of halogens is 1. The van der Waals surface area contributed by atoms with E-state index in [1.807, 2.05) is 12.1 Å². The SMILES string of the molecule is O=C(c1c[nH]c2ccccc2c1=O)N1N=Cc2cc(I)ccc2B1O. The number of benzene rings is 2. The highest BCUT2D eigenvalue weighted by Crippen LogP contribution is 2.14. The number of nitrogens with zero attached hydrogens (tertiary/aromatic N) is 2. The molecule has 0 atom stereocenters. The number of amides is 1. The predicted octanol–water partition coefficient (Wildman–Crippen LogP) is 1.31. The predicted molar refractivity (Wildman–Crippen MR) is 105 cm³/mol. The molecule has 122 valence electrons. The molecule has 8 heteroatoms. The molecule has 0 saturated heterocycles. The van der Waals surface area contributed by atoms with Gasteiger partial charge in [0.05, 0.1) is 6.21 Å². The van der Waals surface area contributed by atoms with Crippen molar-refractivity contribution in [2.24, 2.45) is 5.10 Å². The highest BCUT2D eigenvalue weighted by atomic mass is 127. The smallest absolute Gasteiger partial charge is 0.427 e. The van der Waals surface area contributed by atoms with E-state index in [1.165, 1.54) is 12.4 Å². The van der Waals surface area contributed by atoms with E-state index in [9.17, 15) is 14.6 Å². The van der Waals surface area contributed by atoms with E-state index >= 15 is 0 Å². The molecule has 3 aromatic rings. The first-order valence-corrected chi connectivity index (χ1v) is 8.59. The Labute approximate surface area is 156 Å². The Balaban J connectivity index is 1.77. The van der Waals surface area contributed by atoms with Gasteiger partial charge in [-0.05, 0) is 57.9 Å². The molecule has 1 aromatic heterocycles. The second-order valence-corrected chi connectivity index (χ2v) is 6.86. The Bertz CT molecular complexity index is 1100. The van der Waals surface area contributed by atoms with Gasteiger partial charge >= 0.3 is 7.05 Å². The summed E-state index contributed by atoms with van der Waals surface area (Å²) >= 11 is 2.16. The monoisotopic (exact) mass is 443 g/mol. The van der Waals surface area contributed by atoms with E-state index in [1.54, 1.807) is 30.3 Å². The van der Waals surface area contributed by atoms with Crippen LogP contribution in [0.1, 0.15) is 15.9 Å². The molecule has 2 N–H and O–H groups in total. The molecule has 4 rings (SSSR count). The summed E-state index contributed by atoms with van der Waals surface area (Å²) in [4.78, 5) is 29.3. The van der Waals surface area contributed by atoms with Crippen LogP contribution in [0.25, 0.3) is 10.9 Å². The maximum absolute atomic E-state index is 12.8. The normalized spacial score (nSPS) is 13.2. The molecule has 0 bridgehead atoms. The lowest BCUT2D eigenvalue weighted by molar-refractivity contribution is 0.0844. The molecule has 0 radical (unpaired) electrons. The first kappa shape index (κ1) is 16.0. The quantitative estimate of drug-likeness (QED) is 0.440. The lowest BCUT2D eigenvalue weighted by atomic mass is 9.69. The summed E-state index contributed by atoms with van der Waals surface area (Å²) < 4.78 is 1.00. The van der Waals surface area contributed by atoms with Gasteiger partial charge in [0.15, 0.2) is 0 Å². The van der Waals surface area contributed by atoms with Gasteiger partial charge in [-0.1, -0.05) is 18.2 Å². The van der Waals surface area contributed by atoms with E-state index in [0.717, 1.165) is 14.1 Å². The van der Waals surface area contributed by atoms with Crippen molar-refractivity contribution in [3.63, 3.8) is 0 Å². The summed E-state index contributed by atoms with van der Waals surface area (Å²) in [5.74, 6) is -0.653. The third-order valence-corrected chi connectivity index (χ3v) is 4.78. The fourth-order valence-corrected chi connectivity index (χ4v) is 3.34. The van der Waals surface area contributed by atoms with E-state index in [2.05, 4.69) is 32.7 Å². The molecule has 1 amide bonds. The average molecular weight is 443 g/mol. The van der Waals surface area contributed by atoms with Crippen molar-refractivity contribution in [2.75, 3.05) is 0 Å². The summed E-state index contributed by atoms with van der Waals surface area (Å²) in [5.41, 5.74) is 1.50. The Morgan fingerprint density at radius 1 is 1.24 bits per heavy atom. The fourth-order valence-electron chi connectivity index (χ4n) is 2.83. The highest BCUT2D eigenvalue weighted by molar-refractivity contribution is 14.1. The lowest BCUT2D eigenvalue weighted by Crippen LogP contribution is -2.53. The van der Waals surface area contributed by atoms with E-state index in [4.69, 9.17) is 0 Å². The number of rotatable bonds is 1. The molecule has 0 fully saturated rings. The Kier molecular flexibility index (Phi) is 3.93. The average Bonchev–Trinajstić information content (AvgIpc) is 2.62. The minimum atomic E-state index is -1.24. The molecule has 0 aliphatic carbocycles. The van der Waals surface area contributed by atoms with Crippen molar-refractivity contribution >= 4 is 58.1 Å². The number of carbonyl (C=O) groups excluding carboxylic acids is 1. The molecule has 6 nitrogen and oxygen atoms in total. The van der Waals surface area contributed by atoms with E-state index < -0.39 is 18.4 Å². The van der Waals surface area contributed by atoms with Gasteiger partial charge in [-0.3, -0.25) is 9.59 Å². The number of fused-ring (bicyclic) bond motifs is 2. The topological polar surface area (TPSA) is 85.8 Å². The van der Waals surface area contributed by atoms with Crippen molar-refractivity contribution in [3.8, 4) is 0 Å². The largest absolute Gasteiger partial charge is 0.474 e. The van der Waals surface area contributed by atoms with E-state index in [0.29, 0.717) is 16.4 Å². The molecule has 0 spiro atoms. The summed E-state index contributed by atoms with van der Waals surface area (Å²) in [7, 11) is -1.24. The Morgan fingerprint density at radius 2 is 2.04 bits per heavy atom. The van der Waals surface area contributed by atoms with Gasteiger partial charge in [-0.15, -0.1) is 0 Å². The molecule has 25 heavy (non-hydrogen) atoms. The second-order valence-electron chi connectivity index (χ2n) is 5.62. The number of hydrazone groups is 1. The van der Waals surface area contributed by atoms with Gasteiger partial charge in [0.25, 0.3) is 5.91 Å². The number of aromatic nitrogens is 1. The van der Waals surface area contributed by atoms with Crippen LogP contribution in [0.4, 0.5) is 0 Å². The van der Waals surface area contributed by atoms with Crippen LogP contribution >= 0.6 is 22.6 Å². The molecule has 2 heterocycles. The van der Waals surface area contributed by atoms with Crippen molar-refractivity contribution < 1.29 is 9.82 Å². The highest BCUT2D eigenvalue weighted by Gasteiger charge is 2.35. The zero-order chi connectivity index (χ0) is 17.6. The van der Waals surface area contributed by atoms with Crippen LogP contribution in [0, 0.1) is 3.57 Å². The van der Waals surface area contributed by atoms with Crippen LogP contribution in [-0.4, -0.2) is 34.1 Å². The van der Waals surface area contributed by atoms with Crippen LogP contribution in [-0.2, 0) is 0 Å². The third-order valence-electron chi connectivity index (χ3n) is 4.11. The molecule has 1 aliphatic heterocycles. The van der Waals surface area contributed by atoms with E-state index in [-0.39, 0.29) is 5.56 Å². The number of hydrogen-bond donors (Lipinski definition) is 2. The van der Waals surface area contributed by atoms with Gasteiger partial charge in [-0.2, -0.15) is 5.10 Å². The van der Waals surface area contributed by atoms with Crippen molar-refractivity contribution in [1.82, 2.24) is 9.90 Å². The molecule has 0 unspecified atom stereocenters. The maximum Gasteiger partial charge on any atom is 0.474 e. The third kappa shape index (κ3) is 2.67. The molecular formula is C17H11BIN3O3. The zero-order valence-corrected chi connectivity index (χ0v) is 15.0. The summed E-state index contributed by atoms with van der Waals surface area (Å²) in [5, 5.41) is 15.0.